The predicted octanol–water partition coefficient (Wildman–Crippen LogP) is 1.27. The number of nitrogens with zero attached hydrogens (tertiary/aromatic N) is 2. The van der Waals surface area contributed by atoms with Gasteiger partial charge in [-0.15, -0.1) is 11.3 Å². The van der Waals surface area contributed by atoms with Crippen molar-refractivity contribution in [1.82, 2.24) is 19.9 Å². The molecule has 0 aliphatic rings. The fraction of sp³-hybridized carbons (Fsp3) is 0.0909. The molecule has 0 saturated carbocycles. The van der Waals surface area contributed by atoms with Crippen LogP contribution in [-0.4, -0.2) is 25.8 Å². The molecule has 0 saturated heterocycles. The molecule has 7 nitrogen and oxygen atoms in total. The van der Waals surface area contributed by atoms with Gasteiger partial charge in [0.25, 0.3) is 11.5 Å². The summed E-state index contributed by atoms with van der Waals surface area (Å²) < 4.78 is 0. The Kier molecular flexibility index (Phi) is 2.64. The second kappa shape index (κ2) is 4.32. The maximum Gasteiger partial charge on any atom is 0.268 e. The molecule has 3 aromatic rings. The molecule has 19 heavy (non-hydrogen) atoms. The third-order valence-electron chi connectivity index (χ3n) is 2.67. The van der Waals surface area contributed by atoms with E-state index in [1.165, 1.54) is 17.7 Å². The van der Waals surface area contributed by atoms with Crippen LogP contribution in [0.3, 0.4) is 0 Å². The van der Waals surface area contributed by atoms with Crippen LogP contribution in [0.5, 0.6) is 0 Å². The number of anilines is 1. The van der Waals surface area contributed by atoms with Crippen molar-refractivity contribution in [3.8, 4) is 0 Å². The molecule has 0 atom stereocenters. The smallest absolute Gasteiger partial charge is 0.268 e. The third-order valence-corrected chi connectivity index (χ3v) is 3.87. The lowest BCUT2D eigenvalue weighted by Gasteiger charge is -1.99. The van der Waals surface area contributed by atoms with E-state index in [4.69, 9.17) is 0 Å². The minimum atomic E-state index is -0.310. The molecule has 0 aliphatic carbocycles. The van der Waals surface area contributed by atoms with Crippen molar-refractivity contribution in [2.24, 2.45) is 0 Å². The van der Waals surface area contributed by atoms with Crippen molar-refractivity contribution in [1.29, 1.82) is 0 Å². The van der Waals surface area contributed by atoms with E-state index in [-0.39, 0.29) is 11.5 Å². The number of imidazole rings is 1. The maximum atomic E-state index is 12.1. The first-order valence-corrected chi connectivity index (χ1v) is 6.26. The Morgan fingerprint density at radius 2 is 2.21 bits per heavy atom. The van der Waals surface area contributed by atoms with Crippen LogP contribution < -0.4 is 10.9 Å². The quantitative estimate of drug-likeness (QED) is 0.655. The second-order valence-electron chi connectivity index (χ2n) is 3.86. The van der Waals surface area contributed by atoms with E-state index in [1.807, 2.05) is 0 Å². The molecule has 3 heterocycles. The molecule has 0 spiro atoms. The summed E-state index contributed by atoms with van der Waals surface area (Å²) in [7, 11) is 0. The first-order valence-electron chi connectivity index (χ1n) is 5.44. The number of amides is 1. The molecular formula is C11H9N5O2S. The fourth-order valence-corrected chi connectivity index (χ4v) is 2.84. The molecule has 1 amide bonds. The van der Waals surface area contributed by atoms with Gasteiger partial charge in [0.15, 0.2) is 0 Å². The van der Waals surface area contributed by atoms with E-state index >= 15 is 0 Å². The number of aryl methyl sites for hydroxylation is 1. The minimum absolute atomic E-state index is 0.240. The summed E-state index contributed by atoms with van der Waals surface area (Å²) in [5, 5.41) is 3.08. The highest BCUT2D eigenvalue weighted by Gasteiger charge is 2.18. The Labute approximate surface area is 110 Å². The van der Waals surface area contributed by atoms with E-state index in [9.17, 15) is 9.59 Å². The molecule has 8 heteroatoms. The predicted molar refractivity (Wildman–Crippen MR) is 71.5 cm³/mol. The van der Waals surface area contributed by atoms with Gasteiger partial charge in [-0.05, 0) is 12.5 Å². The van der Waals surface area contributed by atoms with E-state index in [0.29, 0.717) is 26.6 Å². The monoisotopic (exact) mass is 275 g/mol. The largest absolute Gasteiger partial charge is 0.331 e. The van der Waals surface area contributed by atoms with E-state index < -0.39 is 0 Å². The SMILES string of the molecule is Cc1c(C(=O)Nc2ncc[nH]2)sc2nc[nH]c(=O)c12. The highest BCUT2D eigenvalue weighted by atomic mass is 32.1. The number of thiophene rings is 1. The number of hydrogen-bond donors (Lipinski definition) is 3. The van der Waals surface area contributed by atoms with Crippen LogP contribution in [0.15, 0.2) is 23.5 Å². The molecule has 0 aliphatic heterocycles. The number of nitrogens with one attached hydrogen (secondary N) is 3. The molecule has 3 aromatic heterocycles. The molecular weight excluding hydrogens is 266 g/mol. The van der Waals surface area contributed by atoms with Crippen LogP contribution in [0.2, 0.25) is 0 Å². The summed E-state index contributed by atoms with van der Waals surface area (Å²) in [6, 6.07) is 0. The van der Waals surface area contributed by atoms with Crippen molar-refractivity contribution in [2.45, 2.75) is 6.92 Å². The molecule has 0 radical (unpaired) electrons. The lowest BCUT2D eigenvalue weighted by atomic mass is 10.2. The average Bonchev–Trinajstić information content (AvgIpc) is 2.98. The minimum Gasteiger partial charge on any atom is -0.331 e. The topological polar surface area (TPSA) is 104 Å². The number of fused-ring (bicyclic) bond motifs is 1. The van der Waals surface area contributed by atoms with E-state index in [0.717, 1.165) is 0 Å². The number of aromatic nitrogens is 4. The van der Waals surface area contributed by atoms with Gasteiger partial charge in [0, 0.05) is 12.4 Å². The Hall–Kier alpha value is -2.48. The van der Waals surface area contributed by atoms with Gasteiger partial charge < -0.3 is 9.97 Å². The molecule has 96 valence electrons. The second-order valence-corrected chi connectivity index (χ2v) is 4.86. The van der Waals surface area contributed by atoms with Gasteiger partial charge in [-0.25, -0.2) is 9.97 Å². The van der Waals surface area contributed by atoms with Gasteiger partial charge in [-0.2, -0.15) is 0 Å². The van der Waals surface area contributed by atoms with Crippen molar-refractivity contribution in [3.05, 3.63) is 39.5 Å². The molecule has 0 unspecified atom stereocenters. The normalized spacial score (nSPS) is 10.8. The molecule has 0 aromatic carbocycles. The van der Waals surface area contributed by atoms with Gasteiger partial charge in [0.05, 0.1) is 16.6 Å². The Morgan fingerprint density at radius 1 is 1.37 bits per heavy atom. The Bertz CT molecular complexity index is 802. The Balaban J connectivity index is 2.06. The zero-order valence-electron chi connectivity index (χ0n) is 9.85. The Morgan fingerprint density at radius 3 is 2.89 bits per heavy atom. The van der Waals surface area contributed by atoms with Gasteiger partial charge in [-0.3, -0.25) is 14.9 Å². The van der Waals surface area contributed by atoms with Gasteiger partial charge >= 0.3 is 0 Å². The zero-order chi connectivity index (χ0) is 13.4. The lowest BCUT2D eigenvalue weighted by molar-refractivity contribution is 0.102. The number of carbonyl (C=O) groups is 1. The van der Waals surface area contributed by atoms with Crippen LogP contribution in [-0.2, 0) is 0 Å². The highest BCUT2D eigenvalue weighted by Crippen LogP contribution is 2.26. The zero-order valence-corrected chi connectivity index (χ0v) is 10.7. The van der Waals surface area contributed by atoms with Crippen LogP contribution in [0.25, 0.3) is 10.2 Å². The standard InChI is InChI=1S/C11H9N5O2S/c1-5-6-8(17)14-4-15-10(6)19-7(5)9(18)16-11-12-2-3-13-11/h2-4H,1H3,(H,14,15,17)(H2,12,13,16,18). The molecule has 3 rings (SSSR count). The summed E-state index contributed by atoms with van der Waals surface area (Å²) in [5.41, 5.74) is 0.384. The van der Waals surface area contributed by atoms with Crippen LogP contribution in [0.1, 0.15) is 15.2 Å². The van der Waals surface area contributed by atoms with Crippen LogP contribution in [0, 0.1) is 6.92 Å². The highest BCUT2D eigenvalue weighted by molar-refractivity contribution is 7.20. The van der Waals surface area contributed by atoms with Crippen molar-refractivity contribution in [3.63, 3.8) is 0 Å². The summed E-state index contributed by atoms with van der Waals surface area (Å²) >= 11 is 1.18. The maximum absolute atomic E-state index is 12.1. The lowest BCUT2D eigenvalue weighted by Crippen LogP contribution is -2.13. The molecule has 0 bridgehead atoms. The van der Waals surface area contributed by atoms with Gasteiger partial charge in [0.1, 0.15) is 4.83 Å². The summed E-state index contributed by atoms with van der Waals surface area (Å²) in [6.07, 6.45) is 4.48. The number of aromatic amines is 2. The molecule has 3 N–H and O–H groups in total. The number of H-pyrrole nitrogens is 2. The van der Waals surface area contributed by atoms with Crippen LogP contribution >= 0.6 is 11.3 Å². The number of rotatable bonds is 2. The summed E-state index contributed by atoms with van der Waals surface area (Å²) in [6.45, 7) is 1.73. The first kappa shape index (κ1) is 11.6. The number of carbonyl (C=O) groups excluding carboxylic acids is 1. The number of hydrogen-bond acceptors (Lipinski definition) is 5. The van der Waals surface area contributed by atoms with Crippen molar-refractivity contribution < 1.29 is 4.79 Å². The summed E-state index contributed by atoms with van der Waals surface area (Å²) in [5.74, 6) is 0.0542. The van der Waals surface area contributed by atoms with E-state index in [2.05, 4.69) is 25.3 Å². The van der Waals surface area contributed by atoms with Crippen molar-refractivity contribution in [2.75, 3.05) is 5.32 Å². The third kappa shape index (κ3) is 1.91. The van der Waals surface area contributed by atoms with Crippen molar-refractivity contribution >= 4 is 33.4 Å². The molecule has 0 fully saturated rings. The van der Waals surface area contributed by atoms with Gasteiger partial charge in [0.2, 0.25) is 5.95 Å². The van der Waals surface area contributed by atoms with Gasteiger partial charge in [-0.1, -0.05) is 0 Å². The van der Waals surface area contributed by atoms with E-state index in [1.54, 1.807) is 19.3 Å². The summed E-state index contributed by atoms with van der Waals surface area (Å²) in [4.78, 5) is 38.1. The van der Waals surface area contributed by atoms with Crippen LogP contribution in [0.4, 0.5) is 5.95 Å². The average molecular weight is 275 g/mol. The fourth-order valence-electron chi connectivity index (χ4n) is 1.79. The first-order chi connectivity index (χ1) is 9.16.